The van der Waals surface area contributed by atoms with Crippen molar-refractivity contribution in [2.45, 2.75) is 18.9 Å². The second kappa shape index (κ2) is 7.60. The summed E-state index contributed by atoms with van der Waals surface area (Å²) >= 11 is 9.52. The van der Waals surface area contributed by atoms with Crippen LogP contribution in [0.25, 0.3) is 0 Å². The molecule has 0 spiro atoms. The Balaban J connectivity index is 1.87. The molecule has 0 radical (unpaired) electrons. The zero-order valence-corrected chi connectivity index (χ0v) is 13.2. The maximum atomic E-state index is 10.2. The highest BCUT2D eigenvalue weighted by atomic mass is 79.9. The lowest BCUT2D eigenvalue weighted by Crippen LogP contribution is -2.28. The molecular formula is C14H19BrClNO2. The fraction of sp³-hybridized carbons (Fsp3) is 0.571. The lowest BCUT2D eigenvalue weighted by molar-refractivity contribution is 0.126. The van der Waals surface area contributed by atoms with Crippen LogP contribution in [0.15, 0.2) is 22.7 Å². The molecule has 1 N–H and O–H groups in total. The van der Waals surface area contributed by atoms with Crippen LogP contribution in [0.4, 0.5) is 0 Å². The third-order valence-electron chi connectivity index (χ3n) is 3.36. The Hall–Kier alpha value is -0.130. The molecule has 106 valence electrons. The molecule has 0 bridgehead atoms. The SMILES string of the molecule is OC(CCN1CCCOCC1)c1ccc(Br)cc1Cl. The minimum atomic E-state index is -0.509. The largest absolute Gasteiger partial charge is 0.388 e. The van der Waals surface area contributed by atoms with E-state index >= 15 is 0 Å². The summed E-state index contributed by atoms with van der Waals surface area (Å²) in [6, 6.07) is 5.60. The summed E-state index contributed by atoms with van der Waals surface area (Å²) in [4.78, 5) is 2.34. The van der Waals surface area contributed by atoms with Gasteiger partial charge < -0.3 is 14.7 Å². The van der Waals surface area contributed by atoms with Gasteiger partial charge in [-0.3, -0.25) is 0 Å². The highest BCUT2D eigenvalue weighted by Crippen LogP contribution is 2.28. The molecule has 0 aromatic heterocycles. The van der Waals surface area contributed by atoms with E-state index in [1.165, 1.54) is 0 Å². The molecule has 1 saturated heterocycles. The first-order valence-corrected chi connectivity index (χ1v) is 7.77. The number of ether oxygens (including phenoxy) is 1. The minimum Gasteiger partial charge on any atom is -0.388 e. The second-order valence-electron chi connectivity index (χ2n) is 4.78. The number of halogens is 2. The van der Waals surface area contributed by atoms with Crippen LogP contribution in [0.1, 0.15) is 24.5 Å². The molecule has 1 aliphatic heterocycles. The van der Waals surface area contributed by atoms with Crippen molar-refractivity contribution < 1.29 is 9.84 Å². The van der Waals surface area contributed by atoms with E-state index in [4.69, 9.17) is 16.3 Å². The standard InChI is InChI=1S/C14H19BrClNO2/c15-11-2-3-12(13(16)10-11)14(18)4-6-17-5-1-8-19-9-7-17/h2-3,10,14,18H,1,4-9H2. The van der Waals surface area contributed by atoms with Gasteiger partial charge in [-0.1, -0.05) is 33.6 Å². The van der Waals surface area contributed by atoms with Gasteiger partial charge in [-0.15, -0.1) is 0 Å². The van der Waals surface area contributed by atoms with Gasteiger partial charge in [0.05, 0.1) is 12.7 Å². The predicted molar refractivity (Wildman–Crippen MR) is 80.6 cm³/mol. The van der Waals surface area contributed by atoms with Gasteiger partial charge in [0.1, 0.15) is 0 Å². The van der Waals surface area contributed by atoms with Crippen LogP contribution in [0.2, 0.25) is 5.02 Å². The van der Waals surface area contributed by atoms with Gasteiger partial charge >= 0.3 is 0 Å². The fourth-order valence-corrected chi connectivity index (χ4v) is 3.05. The number of aliphatic hydroxyl groups is 1. The molecule has 3 nitrogen and oxygen atoms in total. The third kappa shape index (κ3) is 4.72. The normalized spacial score (nSPS) is 19.1. The second-order valence-corrected chi connectivity index (χ2v) is 6.10. The van der Waals surface area contributed by atoms with Crippen LogP contribution in [-0.2, 0) is 4.74 Å². The first-order chi connectivity index (χ1) is 9.16. The maximum absolute atomic E-state index is 10.2. The summed E-state index contributed by atoms with van der Waals surface area (Å²) in [5, 5.41) is 10.8. The molecule has 0 saturated carbocycles. The van der Waals surface area contributed by atoms with Gasteiger partial charge in [0.15, 0.2) is 0 Å². The molecule has 2 rings (SSSR count). The summed E-state index contributed by atoms with van der Waals surface area (Å²) in [5.74, 6) is 0. The third-order valence-corrected chi connectivity index (χ3v) is 4.18. The average molecular weight is 349 g/mol. The highest BCUT2D eigenvalue weighted by Gasteiger charge is 2.15. The first-order valence-electron chi connectivity index (χ1n) is 6.60. The monoisotopic (exact) mass is 347 g/mol. The van der Waals surface area contributed by atoms with Crippen molar-refractivity contribution in [1.29, 1.82) is 0 Å². The van der Waals surface area contributed by atoms with Crippen LogP contribution in [0.3, 0.4) is 0 Å². The molecule has 5 heteroatoms. The number of hydrogen-bond acceptors (Lipinski definition) is 3. The molecule has 1 aromatic carbocycles. The summed E-state index contributed by atoms with van der Waals surface area (Å²) in [5.41, 5.74) is 0.802. The summed E-state index contributed by atoms with van der Waals surface area (Å²) in [6.07, 6.45) is 1.25. The van der Waals surface area contributed by atoms with E-state index in [2.05, 4.69) is 20.8 Å². The van der Waals surface area contributed by atoms with Crippen LogP contribution in [-0.4, -0.2) is 42.9 Å². The average Bonchev–Trinajstić information content (AvgIpc) is 2.64. The molecule has 19 heavy (non-hydrogen) atoms. The zero-order chi connectivity index (χ0) is 13.7. The number of hydrogen-bond donors (Lipinski definition) is 1. The van der Waals surface area contributed by atoms with E-state index in [-0.39, 0.29) is 0 Å². The summed E-state index contributed by atoms with van der Waals surface area (Å²) < 4.78 is 6.35. The first kappa shape index (κ1) is 15.3. The molecule has 1 fully saturated rings. The van der Waals surface area contributed by atoms with Gasteiger partial charge in [-0.05, 0) is 30.5 Å². The fourth-order valence-electron chi connectivity index (χ4n) is 2.25. The summed E-state index contributed by atoms with van der Waals surface area (Å²) in [6.45, 7) is 4.49. The molecule has 1 atom stereocenters. The quantitative estimate of drug-likeness (QED) is 0.906. The Morgan fingerprint density at radius 2 is 2.21 bits per heavy atom. The van der Waals surface area contributed by atoms with Crippen LogP contribution in [0.5, 0.6) is 0 Å². The van der Waals surface area contributed by atoms with E-state index in [0.29, 0.717) is 11.4 Å². The molecule has 1 heterocycles. The van der Waals surface area contributed by atoms with Crippen molar-refractivity contribution in [3.8, 4) is 0 Å². The Morgan fingerprint density at radius 1 is 1.37 bits per heavy atom. The molecule has 0 aliphatic carbocycles. The Morgan fingerprint density at radius 3 is 3.00 bits per heavy atom. The van der Waals surface area contributed by atoms with E-state index in [1.807, 2.05) is 18.2 Å². The van der Waals surface area contributed by atoms with E-state index in [9.17, 15) is 5.11 Å². The van der Waals surface area contributed by atoms with E-state index in [0.717, 1.165) is 49.3 Å². The van der Waals surface area contributed by atoms with E-state index in [1.54, 1.807) is 0 Å². The molecular weight excluding hydrogens is 330 g/mol. The van der Waals surface area contributed by atoms with E-state index < -0.39 is 6.10 Å². The van der Waals surface area contributed by atoms with Crippen molar-refractivity contribution in [2.75, 3.05) is 32.8 Å². The smallest absolute Gasteiger partial charge is 0.0816 e. The van der Waals surface area contributed by atoms with Gasteiger partial charge in [0, 0.05) is 35.7 Å². The summed E-state index contributed by atoms with van der Waals surface area (Å²) in [7, 11) is 0. The number of rotatable bonds is 4. The predicted octanol–water partition coefficient (Wildman–Crippen LogP) is 3.25. The Labute approximate surface area is 127 Å². The Kier molecular flexibility index (Phi) is 6.10. The molecule has 1 unspecified atom stereocenters. The maximum Gasteiger partial charge on any atom is 0.0816 e. The van der Waals surface area contributed by atoms with Crippen LogP contribution < -0.4 is 0 Å². The number of aliphatic hydroxyl groups excluding tert-OH is 1. The van der Waals surface area contributed by atoms with Gasteiger partial charge in [0.25, 0.3) is 0 Å². The van der Waals surface area contributed by atoms with Gasteiger partial charge in [-0.2, -0.15) is 0 Å². The van der Waals surface area contributed by atoms with Gasteiger partial charge in [0.2, 0.25) is 0 Å². The number of nitrogens with zero attached hydrogens (tertiary/aromatic N) is 1. The van der Waals surface area contributed by atoms with Crippen LogP contribution in [0, 0.1) is 0 Å². The highest BCUT2D eigenvalue weighted by molar-refractivity contribution is 9.10. The Bertz CT molecular complexity index is 408. The van der Waals surface area contributed by atoms with Gasteiger partial charge in [-0.25, -0.2) is 0 Å². The number of benzene rings is 1. The molecule has 1 aliphatic rings. The molecule has 0 amide bonds. The van der Waals surface area contributed by atoms with Crippen molar-refractivity contribution in [3.63, 3.8) is 0 Å². The zero-order valence-electron chi connectivity index (χ0n) is 10.8. The lowest BCUT2D eigenvalue weighted by Gasteiger charge is -2.21. The van der Waals surface area contributed by atoms with Crippen LogP contribution >= 0.6 is 27.5 Å². The lowest BCUT2D eigenvalue weighted by atomic mass is 10.1. The van der Waals surface area contributed by atoms with Crippen molar-refractivity contribution in [2.24, 2.45) is 0 Å². The molecule has 1 aromatic rings. The van der Waals surface area contributed by atoms with Crippen molar-refractivity contribution in [3.05, 3.63) is 33.3 Å². The van der Waals surface area contributed by atoms with Crippen molar-refractivity contribution >= 4 is 27.5 Å². The van der Waals surface area contributed by atoms with Crippen molar-refractivity contribution in [1.82, 2.24) is 4.90 Å². The minimum absolute atomic E-state index is 0.509. The topological polar surface area (TPSA) is 32.7 Å².